The normalized spacial score (nSPS) is 18.0. The molecule has 0 bridgehead atoms. The average molecular weight is 512 g/mol. The number of nitrogens with zero attached hydrogens (tertiary/aromatic N) is 2. The molecule has 1 atom stereocenters. The van der Waals surface area contributed by atoms with Crippen LogP contribution in [0.3, 0.4) is 0 Å². The van der Waals surface area contributed by atoms with Crippen molar-refractivity contribution in [2.24, 2.45) is 0 Å². The van der Waals surface area contributed by atoms with Crippen LogP contribution in [0, 0.1) is 5.82 Å². The zero-order chi connectivity index (χ0) is 26.2. The summed E-state index contributed by atoms with van der Waals surface area (Å²) in [6.07, 6.45) is 10.4. The second-order valence-corrected chi connectivity index (χ2v) is 10.7. The van der Waals surface area contributed by atoms with E-state index in [0.29, 0.717) is 0 Å². The van der Waals surface area contributed by atoms with E-state index in [9.17, 15) is 4.39 Å². The number of hydrogen-bond acceptors (Lipinski definition) is 2. The Morgan fingerprint density at radius 3 is 2.13 bits per heavy atom. The summed E-state index contributed by atoms with van der Waals surface area (Å²) in [5.74, 6) is 0.0573. The van der Waals surface area contributed by atoms with E-state index in [1.54, 1.807) is 0 Å². The van der Waals surface area contributed by atoms with Crippen molar-refractivity contribution < 1.29 is 4.39 Å². The van der Waals surface area contributed by atoms with E-state index in [2.05, 4.69) is 99.9 Å². The molecule has 0 saturated carbocycles. The zero-order valence-corrected chi connectivity index (χ0v) is 21.7. The maximum atomic E-state index is 13.7. The molecule has 2 aliphatic heterocycles. The molecule has 2 aliphatic rings. The SMILES string of the molecule is Fc1ccc(-c2[nH]cc(C3C=C4CC(c5ccccc5)(c5ccccc5)CN4CC3)c2-c2ccncc2)cc1. The van der Waals surface area contributed by atoms with Gasteiger partial charge in [0.25, 0.3) is 0 Å². The smallest absolute Gasteiger partial charge is 0.123 e. The maximum absolute atomic E-state index is 13.7. The predicted octanol–water partition coefficient (Wildman–Crippen LogP) is 7.95. The van der Waals surface area contributed by atoms with E-state index in [1.807, 2.05) is 24.5 Å². The third-order valence-corrected chi connectivity index (χ3v) is 8.52. The van der Waals surface area contributed by atoms with Crippen LogP contribution in [0.4, 0.5) is 4.39 Å². The van der Waals surface area contributed by atoms with Gasteiger partial charge in [0.05, 0.1) is 5.69 Å². The second kappa shape index (κ2) is 9.70. The molecule has 4 heterocycles. The number of allylic oxidation sites excluding steroid dienone is 2. The van der Waals surface area contributed by atoms with Gasteiger partial charge in [-0.15, -0.1) is 0 Å². The van der Waals surface area contributed by atoms with Crippen molar-refractivity contribution in [1.29, 1.82) is 0 Å². The van der Waals surface area contributed by atoms with Crippen LogP contribution in [0.1, 0.15) is 35.4 Å². The van der Waals surface area contributed by atoms with Crippen molar-refractivity contribution in [3.05, 3.63) is 150 Å². The van der Waals surface area contributed by atoms with Crippen LogP contribution < -0.4 is 0 Å². The predicted molar refractivity (Wildman–Crippen MR) is 155 cm³/mol. The number of aromatic amines is 1. The van der Waals surface area contributed by atoms with Crippen molar-refractivity contribution in [3.63, 3.8) is 0 Å². The summed E-state index contributed by atoms with van der Waals surface area (Å²) in [6, 6.07) is 32.9. The number of halogens is 1. The van der Waals surface area contributed by atoms with Crippen LogP contribution in [0.25, 0.3) is 22.4 Å². The first kappa shape index (κ1) is 23.7. The third kappa shape index (κ3) is 4.17. The molecule has 1 saturated heterocycles. The monoisotopic (exact) mass is 511 g/mol. The first-order chi connectivity index (χ1) is 19.2. The summed E-state index contributed by atoms with van der Waals surface area (Å²) in [5, 5.41) is 0. The van der Waals surface area contributed by atoms with Gasteiger partial charge < -0.3 is 9.88 Å². The van der Waals surface area contributed by atoms with Gasteiger partial charge in [-0.2, -0.15) is 0 Å². The molecule has 1 N–H and O–H groups in total. The van der Waals surface area contributed by atoms with Gasteiger partial charge in [-0.25, -0.2) is 4.39 Å². The first-order valence-electron chi connectivity index (χ1n) is 13.7. The van der Waals surface area contributed by atoms with Gasteiger partial charge >= 0.3 is 0 Å². The van der Waals surface area contributed by atoms with Crippen LogP contribution in [0.2, 0.25) is 0 Å². The molecule has 0 amide bonds. The van der Waals surface area contributed by atoms with E-state index >= 15 is 0 Å². The summed E-state index contributed by atoms with van der Waals surface area (Å²) < 4.78 is 13.7. The molecule has 5 aromatic rings. The van der Waals surface area contributed by atoms with Crippen molar-refractivity contribution in [1.82, 2.24) is 14.9 Å². The lowest BCUT2D eigenvalue weighted by Gasteiger charge is -2.32. The van der Waals surface area contributed by atoms with E-state index in [1.165, 1.54) is 40.1 Å². The number of pyridine rings is 1. The van der Waals surface area contributed by atoms with Crippen LogP contribution in [-0.2, 0) is 5.41 Å². The molecule has 3 nitrogen and oxygen atoms in total. The number of fused-ring (bicyclic) bond motifs is 1. The molecule has 0 spiro atoms. The fourth-order valence-corrected chi connectivity index (χ4v) is 6.62. The molecule has 3 aromatic carbocycles. The van der Waals surface area contributed by atoms with E-state index < -0.39 is 0 Å². The molecule has 0 aliphatic carbocycles. The fourth-order valence-electron chi connectivity index (χ4n) is 6.62. The Hall–Kier alpha value is -4.44. The Labute approximate surface area is 228 Å². The van der Waals surface area contributed by atoms with Crippen LogP contribution in [0.5, 0.6) is 0 Å². The van der Waals surface area contributed by atoms with Crippen molar-refractivity contribution in [2.45, 2.75) is 24.2 Å². The summed E-state index contributed by atoms with van der Waals surface area (Å²) in [7, 11) is 0. The van der Waals surface area contributed by atoms with Gasteiger partial charge in [0.15, 0.2) is 0 Å². The van der Waals surface area contributed by atoms with Gasteiger partial charge in [0.2, 0.25) is 0 Å². The number of H-pyrrole nitrogens is 1. The second-order valence-electron chi connectivity index (χ2n) is 10.7. The van der Waals surface area contributed by atoms with Crippen LogP contribution >= 0.6 is 0 Å². The maximum Gasteiger partial charge on any atom is 0.123 e. The molecule has 1 unspecified atom stereocenters. The highest BCUT2D eigenvalue weighted by Crippen LogP contribution is 2.49. The topological polar surface area (TPSA) is 31.9 Å². The fraction of sp³-hybridized carbons (Fsp3) is 0.171. The first-order valence-corrected chi connectivity index (χ1v) is 13.7. The zero-order valence-electron chi connectivity index (χ0n) is 21.7. The minimum Gasteiger partial charge on any atom is -0.374 e. The summed E-state index contributed by atoms with van der Waals surface area (Å²) in [4.78, 5) is 10.4. The molecule has 39 heavy (non-hydrogen) atoms. The van der Waals surface area contributed by atoms with Gasteiger partial charge in [-0.05, 0) is 70.6 Å². The third-order valence-electron chi connectivity index (χ3n) is 8.52. The molecule has 2 aromatic heterocycles. The minimum absolute atomic E-state index is 0.0609. The molecule has 0 radical (unpaired) electrons. The molecular formula is C35H30FN3. The van der Waals surface area contributed by atoms with Crippen LogP contribution in [0.15, 0.2) is 127 Å². The number of benzene rings is 3. The van der Waals surface area contributed by atoms with E-state index in [-0.39, 0.29) is 17.2 Å². The number of aromatic nitrogens is 2. The molecule has 192 valence electrons. The van der Waals surface area contributed by atoms with Gasteiger partial charge in [-0.1, -0.05) is 66.7 Å². The highest BCUT2D eigenvalue weighted by molar-refractivity contribution is 5.84. The minimum atomic E-state index is -0.227. The standard InChI is InChI=1S/C35H30FN3/c36-30-13-11-26(12-14-30)34-33(25-15-18-37-19-16-25)32(23-38-34)27-17-20-39-24-35(22-31(39)21-27,28-7-3-1-4-8-28)29-9-5-2-6-10-29/h1-16,18-19,21,23,27,38H,17,20,22,24H2. The highest BCUT2D eigenvalue weighted by Gasteiger charge is 2.45. The quantitative estimate of drug-likeness (QED) is 0.260. The summed E-state index contributed by atoms with van der Waals surface area (Å²) >= 11 is 0. The van der Waals surface area contributed by atoms with E-state index in [0.717, 1.165) is 42.8 Å². The Bertz CT molecular complexity index is 1570. The lowest BCUT2D eigenvalue weighted by molar-refractivity contribution is 0.333. The number of rotatable bonds is 5. The Balaban J connectivity index is 1.31. The average Bonchev–Trinajstić information content (AvgIpc) is 3.62. The Morgan fingerprint density at radius 2 is 1.46 bits per heavy atom. The summed E-state index contributed by atoms with van der Waals surface area (Å²) in [5.41, 5.74) is 9.69. The van der Waals surface area contributed by atoms with Crippen molar-refractivity contribution in [3.8, 4) is 22.4 Å². The molecule has 7 rings (SSSR count). The summed E-state index contributed by atoms with van der Waals surface area (Å²) in [6.45, 7) is 2.01. The molecule has 4 heteroatoms. The highest BCUT2D eigenvalue weighted by atomic mass is 19.1. The van der Waals surface area contributed by atoms with Crippen molar-refractivity contribution in [2.75, 3.05) is 13.1 Å². The largest absolute Gasteiger partial charge is 0.374 e. The Morgan fingerprint density at radius 1 is 0.795 bits per heavy atom. The van der Waals surface area contributed by atoms with E-state index in [4.69, 9.17) is 0 Å². The lowest BCUT2D eigenvalue weighted by Crippen LogP contribution is -2.33. The lowest BCUT2D eigenvalue weighted by atomic mass is 9.73. The number of nitrogens with one attached hydrogen (secondary N) is 1. The number of hydrogen-bond donors (Lipinski definition) is 1. The molecular weight excluding hydrogens is 481 g/mol. The van der Waals surface area contributed by atoms with Gasteiger partial charge in [0, 0.05) is 60.7 Å². The van der Waals surface area contributed by atoms with Gasteiger partial charge in [0.1, 0.15) is 5.82 Å². The molecule has 1 fully saturated rings. The Kier molecular flexibility index (Phi) is 5.89. The van der Waals surface area contributed by atoms with Crippen LogP contribution in [-0.4, -0.2) is 28.0 Å². The van der Waals surface area contributed by atoms with Gasteiger partial charge in [-0.3, -0.25) is 4.98 Å². The van der Waals surface area contributed by atoms with Crippen molar-refractivity contribution >= 4 is 0 Å².